The highest BCUT2D eigenvalue weighted by Crippen LogP contribution is 2.12. The first-order valence-corrected chi connectivity index (χ1v) is 8.73. The van der Waals surface area contributed by atoms with Crippen molar-refractivity contribution in [2.24, 2.45) is 0 Å². The molecule has 0 aliphatic heterocycles. The molecular weight excluding hydrogens is 363 g/mol. The van der Waals surface area contributed by atoms with Gasteiger partial charge in [0.25, 0.3) is 0 Å². The highest BCUT2D eigenvalue weighted by atomic mass is 127. The van der Waals surface area contributed by atoms with Crippen LogP contribution in [-0.2, 0) is 10.0 Å². The molecule has 0 atom stereocenters. The Morgan fingerprint density at radius 3 is 2.44 bits per heavy atom. The largest absolute Gasteiger partial charge is 0.317 e. The zero-order valence-corrected chi connectivity index (χ0v) is 13.4. The van der Waals surface area contributed by atoms with Crippen LogP contribution in [0.2, 0.25) is 0 Å². The number of hydrogen-bond donors (Lipinski definition) is 2. The van der Waals surface area contributed by atoms with Crippen LogP contribution in [0.15, 0.2) is 24.3 Å². The molecule has 0 unspecified atom stereocenters. The molecule has 0 saturated heterocycles. The lowest BCUT2D eigenvalue weighted by molar-refractivity contribution is 0.593. The number of rotatable bonds is 8. The van der Waals surface area contributed by atoms with Crippen LogP contribution in [0, 0.1) is 3.57 Å². The van der Waals surface area contributed by atoms with E-state index in [1.165, 1.54) is 0 Å². The molecule has 0 fully saturated rings. The summed E-state index contributed by atoms with van der Waals surface area (Å²) in [5.74, 6) is 0.149. The number of sulfonamides is 1. The molecule has 1 aromatic rings. The van der Waals surface area contributed by atoms with E-state index in [2.05, 4.69) is 39.6 Å². The van der Waals surface area contributed by atoms with E-state index in [0.717, 1.165) is 23.1 Å². The van der Waals surface area contributed by atoms with Crippen LogP contribution in [-0.4, -0.2) is 27.3 Å². The Hall–Kier alpha value is -0.340. The second-order valence-corrected chi connectivity index (χ2v) is 7.12. The molecule has 0 amide bonds. The van der Waals surface area contributed by atoms with Gasteiger partial charge in [-0.3, -0.25) is 4.72 Å². The van der Waals surface area contributed by atoms with Gasteiger partial charge in [-0.25, -0.2) is 8.42 Å². The van der Waals surface area contributed by atoms with Gasteiger partial charge in [0, 0.05) is 9.26 Å². The summed E-state index contributed by atoms with van der Waals surface area (Å²) < 4.78 is 27.2. The Bertz CT molecular complexity index is 446. The third kappa shape index (κ3) is 6.55. The molecule has 6 heteroatoms. The van der Waals surface area contributed by atoms with Crippen molar-refractivity contribution in [1.29, 1.82) is 0 Å². The Morgan fingerprint density at radius 2 is 1.83 bits per heavy atom. The van der Waals surface area contributed by atoms with Crippen molar-refractivity contribution in [3.63, 3.8) is 0 Å². The van der Waals surface area contributed by atoms with Crippen molar-refractivity contribution >= 4 is 38.3 Å². The summed E-state index contributed by atoms with van der Waals surface area (Å²) in [6, 6.07) is 7.30. The average Bonchev–Trinajstić information content (AvgIpc) is 2.31. The maximum atomic E-state index is 11.8. The molecular formula is C12H19IN2O2S. The van der Waals surface area contributed by atoms with Gasteiger partial charge in [-0.05, 0) is 72.8 Å². The fraction of sp³-hybridized carbons (Fsp3) is 0.500. The maximum absolute atomic E-state index is 11.8. The topological polar surface area (TPSA) is 58.2 Å². The van der Waals surface area contributed by atoms with Crippen molar-refractivity contribution in [2.45, 2.75) is 19.8 Å². The van der Waals surface area contributed by atoms with Gasteiger partial charge in [-0.15, -0.1) is 0 Å². The van der Waals surface area contributed by atoms with Gasteiger partial charge in [0.05, 0.1) is 5.75 Å². The minimum absolute atomic E-state index is 0.149. The molecule has 4 nitrogen and oxygen atoms in total. The maximum Gasteiger partial charge on any atom is 0.232 e. The second kappa shape index (κ2) is 7.96. The van der Waals surface area contributed by atoms with Gasteiger partial charge in [-0.2, -0.15) is 0 Å². The number of hydrogen-bond acceptors (Lipinski definition) is 3. The van der Waals surface area contributed by atoms with Gasteiger partial charge >= 0.3 is 0 Å². The third-order valence-electron chi connectivity index (χ3n) is 2.31. The quantitative estimate of drug-likeness (QED) is 0.536. The van der Waals surface area contributed by atoms with Crippen LogP contribution in [0.5, 0.6) is 0 Å². The standard InChI is InChI=1S/C12H19IN2O2S/c1-2-8-14-9-3-10-18(16,17)15-12-6-4-11(13)5-7-12/h4-7,14-15H,2-3,8-10H2,1H3. The lowest BCUT2D eigenvalue weighted by Crippen LogP contribution is -2.22. The molecule has 0 spiro atoms. The van der Waals surface area contributed by atoms with Crippen LogP contribution in [0.1, 0.15) is 19.8 Å². The van der Waals surface area contributed by atoms with E-state index in [1.54, 1.807) is 12.1 Å². The molecule has 0 saturated carbocycles. The van der Waals surface area contributed by atoms with E-state index in [1.807, 2.05) is 12.1 Å². The van der Waals surface area contributed by atoms with Crippen molar-refractivity contribution in [2.75, 3.05) is 23.6 Å². The highest BCUT2D eigenvalue weighted by molar-refractivity contribution is 14.1. The molecule has 102 valence electrons. The molecule has 0 bridgehead atoms. The monoisotopic (exact) mass is 382 g/mol. The molecule has 0 aliphatic carbocycles. The Kier molecular flexibility index (Phi) is 6.95. The molecule has 1 aromatic carbocycles. The molecule has 0 aromatic heterocycles. The van der Waals surface area contributed by atoms with Crippen molar-refractivity contribution in [3.05, 3.63) is 27.8 Å². The first-order valence-electron chi connectivity index (χ1n) is 6.00. The summed E-state index contributed by atoms with van der Waals surface area (Å²) >= 11 is 2.18. The molecule has 0 aliphatic rings. The van der Waals surface area contributed by atoms with Crippen LogP contribution in [0.3, 0.4) is 0 Å². The number of nitrogens with one attached hydrogen (secondary N) is 2. The lowest BCUT2D eigenvalue weighted by Gasteiger charge is -2.08. The summed E-state index contributed by atoms with van der Waals surface area (Å²) in [7, 11) is -3.23. The van der Waals surface area contributed by atoms with E-state index in [0.29, 0.717) is 12.1 Å². The first kappa shape index (κ1) is 15.7. The SMILES string of the molecule is CCCNCCCS(=O)(=O)Nc1ccc(I)cc1. The van der Waals surface area contributed by atoms with E-state index < -0.39 is 10.0 Å². The van der Waals surface area contributed by atoms with Crippen molar-refractivity contribution < 1.29 is 8.42 Å². The fourth-order valence-corrected chi connectivity index (χ4v) is 2.92. The average molecular weight is 382 g/mol. The highest BCUT2D eigenvalue weighted by Gasteiger charge is 2.09. The summed E-state index contributed by atoms with van der Waals surface area (Å²) in [5.41, 5.74) is 0.622. The van der Waals surface area contributed by atoms with Crippen LogP contribution < -0.4 is 10.0 Å². The molecule has 1 rings (SSSR count). The minimum atomic E-state index is -3.23. The fourth-order valence-electron chi connectivity index (χ4n) is 1.44. The Balaban J connectivity index is 2.37. The van der Waals surface area contributed by atoms with E-state index in [4.69, 9.17) is 0 Å². The van der Waals surface area contributed by atoms with Gasteiger partial charge in [0.1, 0.15) is 0 Å². The smallest absolute Gasteiger partial charge is 0.232 e. The van der Waals surface area contributed by atoms with Gasteiger partial charge in [0.2, 0.25) is 10.0 Å². The first-order chi connectivity index (χ1) is 8.53. The van der Waals surface area contributed by atoms with Crippen molar-refractivity contribution in [1.82, 2.24) is 5.32 Å². The summed E-state index contributed by atoms with van der Waals surface area (Å²) in [6.07, 6.45) is 1.69. The normalized spacial score (nSPS) is 11.4. The summed E-state index contributed by atoms with van der Waals surface area (Å²) in [4.78, 5) is 0. The third-order valence-corrected chi connectivity index (χ3v) is 4.40. The van der Waals surface area contributed by atoms with Crippen LogP contribution in [0.25, 0.3) is 0 Å². The number of halogens is 1. The molecule has 0 heterocycles. The number of anilines is 1. The van der Waals surface area contributed by atoms with Gasteiger partial charge < -0.3 is 5.32 Å². The Labute approximate surface area is 123 Å². The lowest BCUT2D eigenvalue weighted by atomic mass is 10.3. The molecule has 18 heavy (non-hydrogen) atoms. The molecule has 2 N–H and O–H groups in total. The summed E-state index contributed by atoms with van der Waals surface area (Å²) in [6.45, 7) is 3.76. The Morgan fingerprint density at radius 1 is 1.17 bits per heavy atom. The van der Waals surface area contributed by atoms with Crippen LogP contribution >= 0.6 is 22.6 Å². The van der Waals surface area contributed by atoms with Crippen LogP contribution in [0.4, 0.5) is 5.69 Å². The van der Waals surface area contributed by atoms with E-state index in [-0.39, 0.29) is 5.75 Å². The van der Waals surface area contributed by atoms with Crippen molar-refractivity contribution in [3.8, 4) is 0 Å². The van der Waals surface area contributed by atoms with Gasteiger partial charge in [-0.1, -0.05) is 6.92 Å². The molecule has 0 radical (unpaired) electrons. The van der Waals surface area contributed by atoms with Gasteiger partial charge in [0.15, 0.2) is 0 Å². The van der Waals surface area contributed by atoms with E-state index >= 15 is 0 Å². The minimum Gasteiger partial charge on any atom is -0.317 e. The second-order valence-electron chi connectivity index (χ2n) is 4.03. The van der Waals surface area contributed by atoms with E-state index in [9.17, 15) is 8.42 Å². The number of benzene rings is 1. The predicted octanol–water partition coefficient (Wildman–Crippen LogP) is 2.42. The zero-order valence-electron chi connectivity index (χ0n) is 10.4. The zero-order chi connectivity index (χ0) is 13.4. The summed E-state index contributed by atoms with van der Waals surface area (Å²) in [5, 5.41) is 3.19. The predicted molar refractivity (Wildman–Crippen MR) is 84.3 cm³/mol.